The summed E-state index contributed by atoms with van der Waals surface area (Å²) in [7, 11) is 0. The van der Waals surface area contributed by atoms with Crippen molar-refractivity contribution in [2.24, 2.45) is 5.41 Å². The Morgan fingerprint density at radius 1 is 1.29 bits per heavy atom. The largest absolute Gasteiger partial charge is 0.481 e. The summed E-state index contributed by atoms with van der Waals surface area (Å²) in [5, 5.41) is 9.02. The van der Waals surface area contributed by atoms with Crippen molar-refractivity contribution in [2.75, 3.05) is 5.75 Å². The molecule has 3 heteroatoms. The Bertz CT molecular complexity index is 368. The zero-order valence-electron chi connectivity index (χ0n) is 10.7. The zero-order chi connectivity index (χ0) is 12.9. The Morgan fingerprint density at radius 3 is 2.35 bits per heavy atom. The van der Waals surface area contributed by atoms with Crippen molar-refractivity contribution in [3.8, 4) is 0 Å². The van der Waals surface area contributed by atoms with Gasteiger partial charge in [0.05, 0.1) is 5.41 Å². The van der Waals surface area contributed by atoms with Crippen LogP contribution in [0.5, 0.6) is 0 Å². The van der Waals surface area contributed by atoms with Gasteiger partial charge in [0.25, 0.3) is 0 Å². The van der Waals surface area contributed by atoms with Gasteiger partial charge in [-0.3, -0.25) is 4.79 Å². The second kappa shape index (κ2) is 6.10. The summed E-state index contributed by atoms with van der Waals surface area (Å²) in [6.07, 6.45) is 2.25. The molecule has 0 amide bonds. The molecule has 0 fully saturated rings. The van der Waals surface area contributed by atoms with Gasteiger partial charge in [0.15, 0.2) is 0 Å². The molecule has 0 atom stereocenters. The molecular formula is C14H20O2S. The summed E-state index contributed by atoms with van der Waals surface area (Å²) < 4.78 is 0. The molecule has 0 spiro atoms. The highest BCUT2D eigenvalue weighted by atomic mass is 32.2. The van der Waals surface area contributed by atoms with E-state index in [4.69, 9.17) is 5.11 Å². The smallest absolute Gasteiger partial charge is 0.309 e. The molecule has 0 saturated carbocycles. The molecule has 0 heterocycles. The lowest BCUT2D eigenvalue weighted by atomic mass is 9.97. The highest BCUT2D eigenvalue weighted by molar-refractivity contribution is 7.99. The first kappa shape index (κ1) is 14.1. The number of thioether (sulfide) groups is 1. The van der Waals surface area contributed by atoms with Gasteiger partial charge in [0, 0.05) is 10.6 Å². The summed E-state index contributed by atoms with van der Waals surface area (Å²) >= 11 is 1.60. The normalized spacial score (nSPS) is 11.5. The molecular weight excluding hydrogens is 232 g/mol. The Morgan fingerprint density at radius 2 is 1.88 bits per heavy atom. The zero-order valence-corrected chi connectivity index (χ0v) is 11.5. The molecule has 2 nitrogen and oxygen atoms in total. The molecule has 0 aliphatic carbocycles. The molecule has 17 heavy (non-hydrogen) atoms. The van der Waals surface area contributed by atoms with Gasteiger partial charge >= 0.3 is 5.97 Å². The Labute approximate surface area is 107 Å². The van der Waals surface area contributed by atoms with Crippen LogP contribution < -0.4 is 0 Å². The lowest BCUT2D eigenvalue weighted by Crippen LogP contribution is -2.26. The Kier molecular flexibility index (Phi) is 5.06. The first-order chi connectivity index (χ1) is 7.95. The monoisotopic (exact) mass is 252 g/mol. The van der Waals surface area contributed by atoms with E-state index in [0.29, 0.717) is 5.75 Å². The van der Waals surface area contributed by atoms with Gasteiger partial charge in [0.1, 0.15) is 0 Å². The molecule has 1 aromatic carbocycles. The van der Waals surface area contributed by atoms with Crippen LogP contribution in [0.1, 0.15) is 32.8 Å². The summed E-state index contributed by atoms with van der Waals surface area (Å²) in [6, 6.07) is 8.40. The van der Waals surface area contributed by atoms with Crippen molar-refractivity contribution in [3.05, 3.63) is 29.8 Å². The average molecular weight is 252 g/mol. The maximum Gasteiger partial charge on any atom is 0.309 e. The van der Waals surface area contributed by atoms with E-state index in [-0.39, 0.29) is 0 Å². The third-order valence-electron chi connectivity index (χ3n) is 2.64. The number of hydrogen-bond donors (Lipinski definition) is 1. The number of carboxylic acid groups (broad SMARTS) is 1. The molecule has 1 aromatic rings. The minimum Gasteiger partial charge on any atom is -0.481 e. The van der Waals surface area contributed by atoms with Crippen LogP contribution in [0.4, 0.5) is 0 Å². The minimum absolute atomic E-state index is 0.593. The second-order valence-corrected chi connectivity index (χ2v) is 5.92. The van der Waals surface area contributed by atoms with Crippen molar-refractivity contribution in [1.82, 2.24) is 0 Å². The number of carbonyl (C=O) groups is 1. The van der Waals surface area contributed by atoms with E-state index in [9.17, 15) is 4.79 Å². The quantitative estimate of drug-likeness (QED) is 0.782. The third kappa shape index (κ3) is 4.43. The van der Waals surface area contributed by atoms with Gasteiger partial charge < -0.3 is 5.11 Å². The summed E-state index contributed by atoms with van der Waals surface area (Å²) in [4.78, 5) is 12.1. The summed E-state index contributed by atoms with van der Waals surface area (Å²) in [5.41, 5.74) is 0.668. The molecule has 94 valence electrons. The van der Waals surface area contributed by atoms with Crippen LogP contribution in [-0.4, -0.2) is 16.8 Å². The minimum atomic E-state index is -0.743. The van der Waals surface area contributed by atoms with Crippen LogP contribution in [0.15, 0.2) is 29.2 Å². The highest BCUT2D eigenvalue weighted by Crippen LogP contribution is 2.28. The molecule has 1 N–H and O–H groups in total. The average Bonchev–Trinajstić information content (AvgIpc) is 2.28. The maximum absolute atomic E-state index is 11.0. The van der Waals surface area contributed by atoms with E-state index in [1.165, 1.54) is 5.56 Å². The third-order valence-corrected chi connectivity index (χ3v) is 4.11. The first-order valence-electron chi connectivity index (χ1n) is 5.91. The van der Waals surface area contributed by atoms with Crippen LogP contribution in [0.3, 0.4) is 0 Å². The van der Waals surface area contributed by atoms with Gasteiger partial charge in [0.2, 0.25) is 0 Å². The van der Waals surface area contributed by atoms with Gasteiger partial charge in [-0.2, -0.15) is 0 Å². The van der Waals surface area contributed by atoms with Crippen LogP contribution >= 0.6 is 11.8 Å². The molecule has 0 radical (unpaired) electrons. The fourth-order valence-electron chi connectivity index (χ4n) is 1.37. The van der Waals surface area contributed by atoms with Crippen LogP contribution in [-0.2, 0) is 11.2 Å². The maximum atomic E-state index is 11.0. The number of carboxylic acids is 1. The van der Waals surface area contributed by atoms with E-state index in [2.05, 4.69) is 31.2 Å². The van der Waals surface area contributed by atoms with E-state index in [1.807, 2.05) is 0 Å². The molecule has 0 aromatic heterocycles. The summed E-state index contributed by atoms with van der Waals surface area (Å²) in [5.74, 6) is -0.150. The SMILES string of the molecule is CCCc1ccc(SCC(C)(C)C(=O)O)cc1. The molecule has 0 unspecified atom stereocenters. The number of aliphatic carboxylic acids is 1. The van der Waals surface area contributed by atoms with Crippen molar-refractivity contribution >= 4 is 17.7 Å². The van der Waals surface area contributed by atoms with Gasteiger partial charge in [-0.15, -0.1) is 11.8 Å². The van der Waals surface area contributed by atoms with E-state index in [0.717, 1.165) is 17.7 Å². The molecule has 0 bridgehead atoms. The van der Waals surface area contributed by atoms with Crippen LogP contribution in [0, 0.1) is 5.41 Å². The van der Waals surface area contributed by atoms with Gasteiger partial charge in [-0.1, -0.05) is 25.5 Å². The second-order valence-electron chi connectivity index (χ2n) is 4.87. The fourth-order valence-corrected chi connectivity index (χ4v) is 2.35. The van der Waals surface area contributed by atoms with E-state index in [1.54, 1.807) is 25.6 Å². The van der Waals surface area contributed by atoms with E-state index >= 15 is 0 Å². The molecule has 0 saturated heterocycles. The molecule has 0 aliphatic rings. The Hall–Kier alpha value is -0.960. The highest BCUT2D eigenvalue weighted by Gasteiger charge is 2.26. The van der Waals surface area contributed by atoms with Crippen molar-refractivity contribution in [2.45, 2.75) is 38.5 Å². The standard InChI is InChI=1S/C14H20O2S/c1-4-5-11-6-8-12(9-7-11)17-10-14(2,3)13(15)16/h6-9H,4-5,10H2,1-3H3,(H,15,16). The topological polar surface area (TPSA) is 37.3 Å². The van der Waals surface area contributed by atoms with Crippen molar-refractivity contribution in [3.63, 3.8) is 0 Å². The molecule has 0 aliphatic heterocycles. The lowest BCUT2D eigenvalue weighted by Gasteiger charge is -2.18. The number of aryl methyl sites for hydroxylation is 1. The number of hydrogen-bond acceptors (Lipinski definition) is 2. The Balaban J connectivity index is 2.55. The van der Waals surface area contributed by atoms with E-state index < -0.39 is 11.4 Å². The lowest BCUT2D eigenvalue weighted by molar-refractivity contribution is -0.145. The fraction of sp³-hybridized carbons (Fsp3) is 0.500. The van der Waals surface area contributed by atoms with Crippen LogP contribution in [0.2, 0.25) is 0 Å². The number of rotatable bonds is 6. The van der Waals surface area contributed by atoms with Crippen LogP contribution in [0.25, 0.3) is 0 Å². The first-order valence-corrected chi connectivity index (χ1v) is 6.89. The molecule has 1 rings (SSSR count). The predicted molar refractivity (Wildman–Crippen MR) is 72.6 cm³/mol. The van der Waals surface area contributed by atoms with Crippen molar-refractivity contribution in [1.29, 1.82) is 0 Å². The van der Waals surface area contributed by atoms with Gasteiger partial charge in [-0.25, -0.2) is 0 Å². The van der Waals surface area contributed by atoms with Gasteiger partial charge in [-0.05, 0) is 38.0 Å². The van der Waals surface area contributed by atoms with Crippen molar-refractivity contribution < 1.29 is 9.90 Å². The predicted octanol–water partition coefficient (Wildman–Crippen LogP) is 3.84. The summed E-state index contributed by atoms with van der Waals surface area (Å²) in [6.45, 7) is 5.68. The number of benzene rings is 1.